The van der Waals surface area contributed by atoms with Crippen LogP contribution in [0.1, 0.15) is 25.7 Å². The fourth-order valence-electron chi connectivity index (χ4n) is 0.974. The lowest BCUT2D eigenvalue weighted by molar-refractivity contribution is -0.137. The number of hydrogen-bond donors (Lipinski definition) is 3. The molecule has 15 heavy (non-hydrogen) atoms. The highest BCUT2D eigenvalue weighted by Crippen LogP contribution is 1.98. The Balaban J connectivity index is 3.20. The molecule has 0 fully saturated rings. The minimum absolute atomic E-state index is 0.184. The second kappa shape index (κ2) is 8.88. The van der Waals surface area contributed by atoms with Gasteiger partial charge in [-0.15, -0.1) is 6.42 Å². The van der Waals surface area contributed by atoms with Crippen LogP contribution in [0.15, 0.2) is 0 Å². The number of aliphatic carboxylic acids is 1. The first-order valence-corrected chi connectivity index (χ1v) is 4.83. The van der Waals surface area contributed by atoms with Crippen molar-refractivity contribution in [1.82, 2.24) is 10.6 Å². The summed E-state index contributed by atoms with van der Waals surface area (Å²) >= 11 is 0. The summed E-state index contributed by atoms with van der Waals surface area (Å²) in [5.74, 6) is 1.50. The normalized spacial score (nSPS) is 9.00. The zero-order valence-corrected chi connectivity index (χ0v) is 8.58. The minimum Gasteiger partial charge on any atom is -0.481 e. The van der Waals surface area contributed by atoms with E-state index in [4.69, 9.17) is 11.5 Å². The molecule has 0 aliphatic carbocycles. The van der Waals surface area contributed by atoms with Gasteiger partial charge in [-0.2, -0.15) is 0 Å². The van der Waals surface area contributed by atoms with Crippen molar-refractivity contribution in [2.24, 2.45) is 0 Å². The molecule has 0 atom stereocenters. The van der Waals surface area contributed by atoms with Gasteiger partial charge in [0, 0.05) is 13.0 Å². The molecular formula is C10H16N2O3. The van der Waals surface area contributed by atoms with Crippen LogP contribution in [0, 0.1) is 12.3 Å². The number of urea groups is 1. The number of carbonyl (C=O) groups excluding carboxylic acids is 1. The Morgan fingerprint density at radius 1 is 1.20 bits per heavy atom. The van der Waals surface area contributed by atoms with E-state index in [0.717, 1.165) is 12.8 Å². The molecule has 0 spiro atoms. The van der Waals surface area contributed by atoms with Crippen LogP contribution in [0.4, 0.5) is 4.79 Å². The molecule has 5 nitrogen and oxygen atoms in total. The van der Waals surface area contributed by atoms with Gasteiger partial charge in [-0.25, -0.2) is 4.79 Å². The Morgan fingerprint density at radius 2 is 1.93 bits per heavy atom. The quantitative estimate of drug-likeness (QED) is 0.426. The van der Waals surface area contributed by atoms with Crippen molar-refractivity contribution < 1.29 is 14.7 Å². The molecule has 5 heteroatoms. The monoisotopic (exact) mass is 212 g/mol. The van der Waals surface area contributed by atoms with E-state index >= 15 is 0 Å². The summed E-state index contributed by atoms with van der Waals surface area (Å²) in [7, 11) is 0. The van der Waals surface area contributed by atoms with Gasteiger partial charge >= 0.3 is 12.0 Å². The maximum Gasteiger partial charge on any atom is 0.315 e. The summed E-state index contributed by atoms with van der Waals surface area (Å²) < 4.78 is 0. The predicted molar refractivity (Wildman–Crippen MR) is 56.3 cm³/mol. The van der Waals surface area contributed by atoms with Crippen LogP contribution in [-0.2, 0) is 4.79 Å². The van der Waals surface area contributed by atoms with Crippen molar-refractivity contribution >= 4 is 12.0 Å². The first-order chi connectivity index (χ1) is 7.16. The molecule has 0 saturated heterocycles. The van der Waals surface area contributed by atoms with E-state index in [0.29, 0.717) is 13.0 Å². The van der Waals surface area contributed by atoms with Gasteiger partial charge in [0.15, 0.2) is 0 Å². The Bertz CT molecular complexity index is 246. The standard InChI is InChI=1S/C10H16N2O3/c1-2-7-11-10(15)12-8-5-3-4-6-9(13)14/h1H,3-8H2,(H,13,14)(H2,11,12,15). The van der Waals surface area contributed by atoms with Crippen molar-refractivity contribution in [1.29, 1.82) is 0 Å². The van der Waals surface area contributed by atoms with Crippen LogP contribution in [0.25, 0.3) is 0 Å². The number of hydrogen-bond acceptors (Lipinski definition) is 2. The molecule has 0 aromatic rings. The zero-order valence-electron chi connectivity index (χ0n) is 8.58. The second-order valence-corrected chi connectivity index (χ2v) is 3.02. The number of carboxylic acid groups (broad SMARTS) is 1. The van der Waals surface area contributed by atoms with Gasteiger partial charge in [0.25, 0.3) is 0 Å². The van der Waals surface area contributed by atoms with Gasteiger partial charge in [0.05, 0.1) is 6.54 Å². The van der Waals surface area contributed by atoms with E-state index in [-0.39, 0.29) is 19.0 Å². The molecule has 0 aromatic carbocycles. The number of amides is 2. The van der Waals surface area contributed by atoms with Gasteiger partial charge < -0.3 is 15.7 Å². The van der Waals surface area contributed by atoms with Crippen molar-refractivity contribution in [3.05, 3.63) is 0 Å². The Morgan fingerprint density at radius 3 is 2.53 bits per heavy atom. The Hall–Kier alpha value is -1.70. The Labute approximate surface area is 89.2 Å². The summed E-state index contributed by atoms with van der Waals surface area (Å²) in [5.41, 5.74) is 0. The largest absolute Gasteiger partial charge is 0.481 e. The fraction of sp³-hybridized carbons (Fsp3) is 0.600. The van der Waals surface area contributed by atoms with Crippen LogP contribution in [0.5, 0.6) is 0 Å². The van der Waals surface area contributed by atoms with Crippen LogP contribution >= 0.6 is 0 Å². The molecule has 2 amide bonds. The zero-order chi connectivity index (χ0) is 11.5. The van der Waals surface area contributed by atoms with E-state index in [2.05, 4.69) is 16.6 Å². The fourth-order valence-corrected chi connectivity index (χ4v) is 0.974. The van der Waals surface area contributed by atoms with Crippen LogP contribution in [0.2, 0.25) is 0 Å². The SMILES string of the molecule is C#CCNC(=O)NCCCCCC(=O)O. The number of carboxylic acids is 1. The van der Waals surface area contributed by atoms with E-state index < -0.39 is 5.97 Å². The summed E-state index contributed by atoms with van der Waals surface area (Å²) in [6.07, 6.45) is 7.35. The molecule has 0 unspecified atom stereocenters. The average molecular weight is 212 g/mol. The van der Waals surface area contributed by atoms with Gasteiger partial charge in [0.2, 0.25) is 0 Å². The minimum atomic E-state index is -0.783. The lowest BCUT2D eigenvalue weighted by Gasteiger charge is -2.04. The second-order valence-electron chi connectivity index (χ2n) is 3.02. The van der Waals surface area contributed by atoms with E-state index in [1.165, 1.54) is 0 Å². The predicted octanol–water partition coefficient (Wildman–Crippen LogP) is 0.564. The first-order valence-electron chi connectivity index (χ1n) is 4.83. The summed E-state index contributed by atoms with van der Waals surface area (Å²) in [6.45, 7) is 0.751. The molecule has 0 bridgehead atoms. The number of unbranched alkanes of at least 4 members (excludes halogenated alkanes) is 2. The third kappa shape index (κ3) is 10.2. The van der Waals surface area contributed by atoms with Crippen molar-refractivity contribution in [3.63, 3.8) is 0 Å². The highest BCUT2D eigenvalue weighted by molar-refractivity contribution is 5.74. The van der Waals surface area contributed by atoms with Gasteiger partial charge in [0.1, 0.15) is 0 Å². The number of terminal acetylenes is 1. The molecule has 0 radical (unpaired) electrons. The number of nitrogens with one attached hydrogen (secondary N) is 2. The lowest BCUT2D eigenvalue weighted by atomic mass is 10.2. The number of carbonyl (C=O) groups is 2. The third-order valence-corrected chi connectivity index (χ3v) is 1.70. The van der Waals surface area contributed by atoms with Crippen molar-refractivity contribution in [2.45, 2.75) is 25.7 Å². The number of rotatable bonds is 7. The van der Waals surface area contributed by atoms with Gasteiger partial charge in [-0.3, -0.25) is 4.79 Å². The van der Waals surface area contributed by atoms with Gasteiger partial charge in [-0.1, -0.05) is 12.3 Å². The maximum absolute atomic E-state index is 10.9. The average Bonchev–Trinajstić information content (AvgIpc) is 2.19. The molecule has 0 aliphatic heterocycles. The topological polar surface area (TPSA) is 78.4 Å². The van der Waals surface area contributed by atoms with E-state index in [1.54, 1.807) is 0 Å². The smallest absolute Gasteiger partial charge is 0.315 e. The third-order valence-electron chi connectivity index (χ3n) is 1.70. The Kier molecular flexibility index (Phi) is 7.87. The summed E-state index contributed by atoms with van der Waals surface area (Å²) in [6, 6.07) is -0.286. The highest BCUT2D eigenvalue weighted by atomic mass is 16.4. The molecule has 0 aliphatic rings. The van der Waals surface area contributed by atoms with E-state index in [9.17, 15) is 9.59 Å². The van der Waals surface area contributed by atoms with Crippen LogP contribution in [-0.4, -0.2) is 30.2 Å². The molecular weight excluding hydrogens is 196 g/mol. The molecule has 0 heterocycles. The van der Waals surface area contributed by atoms with Gasteiger partial charge in [-0.05, 0) is 12.8 Å². The maximum atomic E-state index is 10.9. The molecule has 3 N–H and O–H groups in total. The van der Waals surface area contributed by atoms with E-state index in [1.807, 2.05) is 0 Å². The summed E-state index contributed by atoms with van der Waals surface area (Å²) in [5, 5.41) is 13.4. The van der Waals surface area contributed by atoms with Crippen LogP contribution in [0.3, 0.4) is 0 Å². The molecule has 0 aromatic heterocycles. The highest BCUT2D eigenvalue weighted by Gasteiger charge is 1.98. The first kappa shape index (κ1) is 13.3. The molecule has 0 rings (SSSR count). The van der Waals surface area contributed by atoms with Crippen LogP contribution < -0.4 is 10.6 Å². The lowest BCUT2D eigenvalue weighted by Crippen LogP contribution is -2.36. The molecule has 0 saturated carbocycles. The van der Waals surface area contributed by atoms with Crippen molar-refractivity contribution in [3.8, 4) is 12.3 Å². The summed E-state index contributed by atoms with van der Waals surface area (Å²) in [4.78, 5) is 21.1. The van der Waals surface area contributed by atoms with Crippen molar-refractivity contribution in [2.75, 3.05) is 13.1 Å². The molecule has 84 valence electrons.